The van der Waals surface area contributed by atoms with Crippen molar-refractivity contribution in [3.63, 3.8) is 0 Å². The number of aromatic nitrogens is 2. The van der Waals surface area contributed by atoms with Crippen molar-refractivity contribution < 1.29 is 13.6 Å². The summed E-state index contributed by atoms with van der Waals surface area (Å²) >= 11 is 0. The summed E-state index contributed by atoms with van der Waals surface area (Å²) in [6, 6.07) is 1.35. The molecule has 0 saturated carbocycles. The van der Waals surface area contributed by atoms with Crippen LogP contribution < -0.4 is 10.5 Å². The average Bonchev–Trinajstić information content (AvgIpc) is 2.62. The smallest absolute Gasteiger partial charge is 0.258 e. The molecule has 4 N–H and O–H groups in total. The number of sulfonamides is 1. The van der Waals surface area contributed by atoms with Gasteiger partial charge in [-0.05, 0) is 19.9 Å². The van der Waals surface area contributed by atoms with Crippen LogP contribution >= 0.6 is 0 Å². The van der Waals surface area contributed by atoms with Crippen LogP contribution in [-0.4, -0.2) is 34.8 Å². The van der Waals surface area contributed by atoms with Gasteiger partial charge in [-0.2, -0.15) is 9.82 Å². The number of rotatable bonds is 4. The van der Waals surface area contributed by atoms with Gasteiger partial charge in [-0.25, -0.2) is 8.42 Å². The Hall–Kier alpha value is -1.61. The van der Waals surface area contributed by atoms with Crippen LogP contribution in [0.3, 0.4) is 0 Å². The van der Waals surface area contributed by atoms with Crippen molar-refractivity contribution >= 4 is 15.9 Å². The predicted octanol–water partition coefficient (Wildman–Crippen LogP) is -0.777. The molecule has 0 saturated heterocycles. The summed E-state index contributed by atoms with van der Waals surface area (Å²) in [6.45, 7) is 2.96. The van der Waals surface area contributed by atoms with Gasteiger partial charge in [0.2, 0.25) is 0 Å². The van der Waals surface area contributed by atoms with E-state index in [1.807, 2.05) is 0 Å². The van der Waals surface area contributed by atoms with Gasteiger partial charge in [-0.3, -0.25) is 4.68 Å². The summed E-state index contributed by atoms with van der Waals surface area (Å²) in [5, 5.41) is 15.1. The van der Waals surface area contributed by atoms with E-state index in [2.05, 4.69) is 15.0 Å². The van der Waals surface area contributed by atoms with Gasteiger partial charge in [0.15, 0.2) is 10.9 Å². The third-order valence-corrected chi connectivity index (χ3v) is 3.92. The second-order valence-electron chi connectivity index (χ2n) is 4.01. The normalized spacial score (nSPS) is 13.9. The summed E-state index contributed by atoms with van der Waals surface area (Å²) in [5.74, 6) is -0.233. The minimum atomic E-state index is -3.78. The van der Waals surface area contributed by atoms with Gasteiger partial charge >= 0.3 is 0 Å². The second kappa shape index (κ2) is 4.34. The first kappa shape index (κ1) is 13.5. The number of hydrogen-bond acceptors (Lipinski definition) is 5. The first-order valence-corrected chi connectivity index (χ1v) is 6.19. The van der Waals surface area contributed by atoms with Crippen molar-refractivity contribution in [2.45, 2.75) is 24.4 Å². The highest BCUT2D eigenvalue weighted by molar-refractivity contribution is 7.89. The van der Waals surface area contributed by atoms with Gasteiger partial charge < -0.3 is 10.9 Å². The molecule has 0 unspecified atom stereocenters. The molecule has 0 aliphatic rings. The van der Waals surface area contributed by atoms with Gasteiger partial charge in [0.25, 0.3) is 10.0 Å². The van der Waals surface area contributed by atoms with E-state index in [1.165, 1.54) is 37.8 Å². The van der Waals surface area contributed by atoms with Crippen LogP contribution in [0.1, 0.15) is 13.8 Å². The molecule has 1 heterocycles. The highest BCUT2D eigenvalue weighted by atomic mass is 32.2. The molecule has 0 aliphatic carbocycles. The minimum Gasteiger partial charge on any atom is -0.409 e. The Bertz CT molecular complexity index is 531. The van der Waals surface area contributed by atoms with Crippen molar-refractivity contribution in [2.75, 3.05) is 0 Å². The molecule has 0 aliphatic heterocycles. The fourth-order valence-electron chi connectivity index (χ4n) is 1.19. The molecule has 0 atom stereocenters. The van der Waals surface area contributed by atoms with Crippen LogP contribution in [0.4, 0.5) is 0 Å². The van der Waals surface area contributed by atoms with E-state index in [4.69, 9.17) is 10.9 Å². The van der Waals surface area contributed by atoms with Crippen molar-refractivity contribution in [1.82, 2.24) is 14.5 Å². The van der Waals surface area contributed by atoms with Gasteiger partial charge in [-0.1, -0.05) is 5.16 Å². The lowest BCUT2D eigenvalue weighted by atomic mass is 10.1. The Morgan fingerprint density at radius 2 is 2.24 bits per heavy atom. The molecule has 17 heavy (non-hydrogen) atoms. The van der Waals surface area contributed by atoms with E-state index < -0.39 is 15.6 Å². The van der Waals surface area contributed by atoms with Crippen LogP contribution in [-0.2, 0) is 17.1 Å². The fraction of sp³-hybridized carbons (Fsp3) is 0.500. The lowest BCUT2D eigenvalue weighted by Crippen LogP contribution is -2.53. The third kappa shape index (κ3) is 2.74. The van der Waals surface area contributed by atoms with E-state index in [0.717, 1.165) is 0 Å². The Kier molecular flexibility index (Phi) is 3.43. The number of nitrogens with zero attached hydrogens (tertiary/aromatic N) is 3. The highest BCUT2D eigenvalue weighted by Crippen LogP contribution is 2.12. The minimum absolute atomic E-state index is 0.00341. The lowest BCUT2D eigenvalue weighted by Gasteiger charge is -2.23. The quantitative estimate of drug-likeness (QED) is 0.284. The number of nitrogens with one attached hydrogen (secondary N) is 1. The van der Waals surface area contributed by atoms with Crippen molar-refractivity contribution in [3.8, 4) is 0 Å². The van der Waals surface area contributed by atoms with Crippen LogP contribution in [0.2, 0.25) is 0 Å². The van der Waals surface area contributed by atoms with Crippen LogP contribution in [0.25, 0.3) is 0 Å². The maximum atomic E-state index is 12.0. The summed E-state index contributed by atoms with van der Waals surface area (Å²) in [5.41, 5.74) is 4.20. The zero-order valence-electron chi connectivity index (χ0n) is 9.75. The molecule has 0 spiro atoms. The number of hydrogen-bond donors (Lipinski definition) is 3. The van der Waals surface area contributed by atoms with Crippen LogP contribution in [0.5, 0.6) is 0 Å². The standard InChI is InChI=1S/C8H15N5O3S/c1-8(2,7(9)11-14)12-17(15,16)6-4-5-10-13(6)3/h4-5,12,14H,1-3H3,(H2,9,11). The first-order chi connectivity index (χ1) is 7.70. The van der Waals surface area contributed by atoms with Gasteiger partial charge in [-0.15, -0.1) is 0 Å². The number of aryl methyl sites for hydroxylation is 1. The molecule has 9 heteroatoms. The molecule has 0 aromatic carbocycles. The zero-order valence-corrected chi connectivity index (χ0v) is 10.6. The SMILES string of the molecule is Cn1nccc1S(=O)(=O)NC(C)(C)/C(N)=N/O. The number of amidine groups is 1. The van der Waals surface area contributed by atoms with Gasteiger partial charge in [0.1, 0.15) is 0 Å². The molecule has 8 nitrogen and oxygen atoms in total. The largest absolute Gasteiger partial charge is 0.409 e. The zero-order chi connectivity index (χ0) is 13.3. The van der Waals surface area contributed by atoms with E-state index in [0.29, 0.717) is 0 Å². The molecule has 1 aromatic rings. The molecule has 0 amide bonds. The molecule has 0 fully saturated rings. The Balaban J connectivity index is 3.08. The summed E-state index contributed by atoms with van der Waals surface area (Å²) in [4.78, 5) is 0. The Labute approximate surface area is 99.2 Å². The van der Waals surface area contributed by atoms with E-state index in [-0.39, 0.29) is 10.9 Å². The van der Waals surface area contributed by atoms with Gasteiger partial charge in [0, 0.05) is 7.05 Å². The van der Waals surface area contributed by atoms with E-state index in [9.17, 15) is 8.42 Å². The second-order valence-corrected chi connectivity index (χ2v) is 5.64. The molecule has 0 radical (unpaired) electrons. The molecule has 96 valence electrons. The summed E-state index contributed by atoms with van der Waals surface area (Å²) in [7, 11) is -2.28. The molecular weight excluding hydrogens is 246 g/mol. The average molecular weight is 261 g/mol. The number of nitrogens with two attached hydrogens (primary N) is 1. The predicted molar refractivity (Wildman–Crippen MR) is 61.0 cm³/mol. The van der Waals surface area contributed by atoms with Crippen molar-refractivity contribution in [3.05, 3.63) is 12.3 Å². The third-order valence-electron chi connectivity index (χ3n) is 2.19. The van der Waals surface area contributed by atoms with E-state index in [1.54, 1.807) is 0 Å². The van der Waals surface area contributed by atoms with Crippen LogP contribution in [0.15, 0.2) is 22.4 Å². The topological polar surface area (TPSA) is 123 Å². The Morgan fingerprint density at radius 1 is 1.65 bits per heavy atom. The summed E-state index contributed by atoms with van der Waals surface area (Å²) < 4.78 is 27.5. The highest BCUT2D eigenvalue weighted by Gasteiger charge is 2.31. The van der Waals surface area contributed by atoms with Crippen molar-refractivity contribution in [2.24, 2.45) is 17.9 Å². The molecule has 0 bridgehead atoms. The van der Waals surface area contributed by atoms with Gasteiger partial charge in [0.05, 0.1) is 11.7 Å². The molecule has 1 aromatic heterocycles. The molecule has 1 rings (SSSR count). The lowest BCUT2D eigenvalue weighted by molar-refractivity contribution is 0.312. The van der Waals surface area contributed by atoms with Crippen molar-refractivity contribution in [1.29, 1.82) is 0 Å². The fourth-order valence-corrected chi connectivity index (χ4v) is 2.71. The van der Waals surface area contributed by atoms with E-state index >= 15 is 0 Å². The Morgan fingerprint density at radius 3 is 2.65 bits per heavy atom. The van der Waals surface area contributed by atoms with Crippen LogP contribution in [0, 0.1) is 0 Å². The molecular formula is C8H15N5O3S. The maximum Gasteiger partial charge on any atom is 0.258 e. The number of oxime groups is 1. The maximum absolute atomic E-state index is 12.0. The first-order valence-electron chi connectivity index (χ1n) is 4.70. The summed E-state index contributed by atoms with van der Waals surface area (Å²) in [6.07, 6.45) is 1.37. The monoisotopic (exact) mass is 261 g/mol.